The Morgan fingerprint density at radius 1 is 1.07 bits per heavy atom. The maximum absolute atomic E-state index is 12.8. The summed E-state index contributed by atoms with van der Waals surface area (Å²) < 4.78 is 12.1. The van der Waals surface area contributed by atoms with Crippen molar-refractivity contribution in [1.29, 1.82) is 0 Å². The number of amides is 4. The minimum Gasteiger partial charge on any atom is -0.463 e. The second kappa shape index (κ2) is 15.3. The Bertz CT molecular complexity index is 1130. The maximum atomic E-state index is 12.8. The average molecular weight is 586 g/mol. The molecule has 1 aromatic rings. The van der Waals surface area contributed by atoms with Crippen molar-refractivity contribution < 1.29 is 38.9 Å². The predicted molar refractivity (Wildman–Crippen MR) is 154 cm³/mol. The van der Waals surface area contributed by atoms with E-state index in [1.54, 1.807) is 6.07 Å². The zero-order valence-corrected chi connectivity index (χ0v) is 24.3. The van der Waals surface area contributed by atoms with E-state index in [-0.39, 0.29) is 49.1 Å². The van der Waals surface area contributed by atoms with Crippen molar-refractivity contribution in [3.63, 3.8) is 0 Å². The SMILES string of the molecule is CCc1ccc(OC2CC(C3CCC3)C(O)C(CO)O2)c(NC(=O)CCNC(=O)CCCCCN2C(=O)C=CC2=O)c1. The Balaban J connectivity index is 1.21. The molecule has 1 aromatic carbocycles. The summed E-state index contributed by atoms with van der Waals surface area (Å²) >= 11 is 0. The van der Waals surface area contributed by atoms with Crippen LogP contribution in [0.15, 0.2) is 30.4 Å². The zero-order chi connectivity index (χ0) is 30.1. The van der Waals surface area contributed by atoms with Crippen LogP contribution in [-0.2, 0) is 30.3 Å². The van der Waals surface area contributed by atoms with Crippen molar-refractivity contribution in [3.8, 4) is 5.75 Å². The van der Waals surface area contributed by atoms with E-state index < -0.39 is 18.5 Å². The normalized spacial score (nSPS) is 24.0. The number of hydrogen-bond acceptors (Lipinski definition) is 8. The molecular formula is C31H43N3O8. The summed E-state index contributed by atoms with van der Waals surface area (Å²) in [6.45, 7) is 2.24. The third kappa shape index (κ3) is 8.39. The molecule has 2 fully saturated rings. The average Bonchev–Trinajstić information content (AvgIpc) is 3.26. The van der Waals surface area contributed by atoms with Crippen molar-refractivity contribution in [2.45, 2.75) is 89.6 Å². The molecule has 0 spiro atoms. The van der Waals surface area contributed by atoms with Crippen molar-refractivity contribution in [2.24, 2.45) is 11.8 Å². The lowest BCUT2D eigenvalue weighted by molar-refractivity contribution is -0.226. The van der Waals surface area contributed by atoms with Crippen LogP contribution in [0.4, 0.5) is 5.69 Å². The van der Waals surface area contributed by atoms with E-state index >= 15 is 0 Å². The largest absolute Gasteiger partial charge is 0.463 e. The van der Waals surface area contributed by atoms with Crippen LogP contribution < -0.4 is 15.4 Å². The third-order valence-corrected chi connectivity index (χ3v) is 8.39. The number of aliphatic hydroxyl groups is 2. The third-order valence-electron chi connectivity index (χ3n) is 8.39. The van der Waals surface area contributed by atoms with Crippen LogP contribution in [0.25, 0.3) is 0 Å². The first-order chi connectivity index (χ1) is 20.3. The van der Waals surface area contributed by atoms with Gasteiger partial charge in [0.15, 0.2) is 0 Å². The van der Waals surface area contributed by atoms with Gasteiger partial charge in [-0.05, 0) is 48.8 Å². The van der Waals surface area contributed by atoms with Crippen molar-refractivity contribution in [2.75, 3.05) is 25.0 Å². The highest BCUT2D eigenvalue weighted by Gasteiger charge is 2.43. The molecule has 42 heavy (non-hydrogen) atoms. The van der Waals surface area contributed by atoms with Crippen LogP contribution in [0.2, 0.25) is 0 Å². The Morgan fingerprint density at radius 2 is 1.83 bits per heavy atom. The molecule has 4 N–H and O–H groups in total. The van der Waals surface area contributed by atoms with E-state index in [2.05, 4.69) is 10.6 Å². The van der Waals surface area contributed by atoms with Gasteiger partial charge in [-0.25, -0.2) is 0 Å². The molecule has 11 heteroatoms. The van der Waals surface area contributed by atoms with Crippen molar-refractivity contribution in [1.82, 2.24) is 10.2 Å². The van der Waals surface area contributed by atoms with Gasteiger partial charge in [0.05, 0.1) is 18.4 Å². The summed E-state index contributed by atoms with van der Waals surface area (Å²) in [5.74, 6) is -0.208. The summed E-state index contributed by atoms with van der Waals surface area (Å²) in [6, 6.07) is 5.58. The second-order valence-electron chi connectivity index (χ2n) is 11.3. The first-order valence-electron chi connectivity index (χ1n) is 15.1. The van der Waals surface area contributed by atoms with Crippen LogP contribution in [0, 0.1) is 11.8 Å². The van der Waals surface area contributed by atoms with Crippen molar-refractivity contribution >= 4 is 29.3 Å². The molecule has 4 amide bonds. The minimum atomic E-state index is -0.735. The van der Waals surface area contributed by atoms with Crippen LogP contribution in [0.3, 0.4) is 0 Å². The van der Waals surface area contributed by atoms with E-state index in [0.29, 0.717) is 56.0 Å². The molecule has 4 unspecified atom stereocenters. The molecule has 2 aliphatic heterocycles. The summed E-state index contributed by atoms with van der Waals surface area (Å²) in [4.78, 5) is 49.3. The monoisotopic (exact) mass is 585 g/mol. The lowest BCUT2D eigenvalue weighted by atomic mass is 9.70. The number of unbranched alkanes of at least 4 members (excludes halogenated alkanes) is 2. The fraction of sp³-hybridized carbons (Fsp3) is 0.613. The minimum absolute atomic E-state index is 0.0120. The highest BCUT2D eigenvalue weighted by atomic mass is 16.7. The number of carbonyl (C=O) groups is 4. The Hall–Kier alpha value is -3.28. The molecule has 2 heterocycles. The fourth-order valence-electron chi connectivity index (χ4n) is 5.67. The topological polar surface area (TPSA) is 154 Å². The Morgan fingerprint density at radius 3 is 2.50 bits per heavy atom. The molecular weight excluding hydrogens is 542 g/mol. The fourth-order valence-corrected chi connectivity index (χ4v) is 5.67. The molecule has 0 bridgehead atoms. The number of imide groups is 1. The number of nitrogens with one attached hydrogen (secondary N) is 2. The van der Waals surface area contributed by atoms with Gasteiger partial charge in [-0.1, -0.05) is 38.7 Å². The van der Waals surface area contributed by atoms with E-state index in [0.717, 1.165) is 31.2 Å². The highest BCUT2D eigenvalue weighted by Crippen LogP contribution is 2.42. The highest BCUT2D eigenvalue weighted by molar-refractivity contribution is 6.12. The van der Waals surface area contributed by atoms with Crippen LogP contribution in [0.5, 0.6) is 5.75 Å². The molecule has 1 saturated heterocycles. The smallest absolute Gasteiger partial charge is 0.253 e. The maximum Gasteiger partial charge on any atom is 0.253 e. The summed E-state index contributed by atoms with van der Waals surface area (Å²) in [6.07, 6.45) is 7.24. The quantitative estimate of drug-likeness (QED) is 0.181. The number of anilines is 1. The number of aryl methyl sites for hydroxylation is 1. The van der Waals surface area contributed by atoms with Gasteiger partial charge in [0.1, 0.15) is 11.9 Å². The van der Waals surface area contributed by atoms with Crippen LogP contribution >= 0.6 is 0 Å². The first-order valence-corrected chi connectivity index (χ1v) is 15.1. The standard InChI is InChI=1S/C31H43N3O8/c1-2-20-10-11-24(41-30-18-22(21-7-6-8-21)31(40)25(19-35)42-30)23(17-20)33-27(37)14-15-32-26(36)9-4-3-5-16-34-28(38)12-13-29(34)39/h10-13,17,21-22,25,30-31,35,40H,2-9,14-16,18-19H2,1H3,(H,32,36)(H,33,37). The molecule has 1 saturated carbocycles. The molecule has 11 nitrogen and oxygen atoms in total. The molecule has 1 aliphatic carbocycles. The van der Waals surface area contributed by atoms with Gasteiger partial charge in [-0.15, -0.1) is 0 Å². The number of aliphatic hydroxyl groups excluding tert-OH is 2. The van der Waals surface area contributed by atoms with Gasteiger partial charge in [-0.2, -0.15) is 0 Å². The van der Waals surface area contributed by atoms with Gasteiger partial charge in [0.2, 0.25) is 18.1 Å². The number of ether oxygens (including phenoxy) is 2. The number of rotatable bonds is 15. The number of hydrogen-bond donors (Lipinski definition) is 4. The summed E-state index contributed by atoms with van der Waals surface area (Å²) in [7, 11) is 0. The Kier molecular flexibility index (Phi) is 11.5. The number of carbonyl (C=O) groups excluding carboxylic acids is 4. The molecule has 4 rings (SSSR count). The van der Waals surface area contributed by atoms with Crippen LogP contribution in [0.1, 0.15) is 70.3 Å². The molecule has 230 valence electrons. The van der Waals surface area contributed by atoms with Gasteiger partial charge in [0, 0.05) is 44.5 Å². The molecule has 0 radical (unpaired) electrons. The van der Waals surface area contributed by atoms with E-state index in [1.807, 2.05) is 19.1 Å². The summed E-state index contributed by atoms with van der Waals surface area (Å²) in [5.41, 5.74) is 1.52. The second-order valence-corrected chi connectivity index (χ2v) is 11.3. The van der Waals surface area contributed by atoms with Gasteiger partial charge in [0.25, 0.3) is 11.8 Å². The van der Waals surface area contributed by atoms with Crippen LogP contribution in [-0.4, -0.2) is 76.9 Å². The summed E-state index contributed by atoms with van der Waals surface area (Å²) in [5, 5.41) is 26.1. The molecule has 3 aliphatic rings. The number of nitrogens with zero attached hydrogens (tertiary/aromatic N) is 1. The van der Waals surface area contributed by atoms with Gasteiger partial charge < -0.3 is 30.3 Å². The lowest BCUT2D eigenvalue weighted by Gasteiger charge is -2.44. The van der Waals surface area contributed by atoms with E-state index in [1.165, 1.54) is 17.1 Å². The van der Waals surface area contributed by atoms with E-state index in [4.69, 9.17) is 9.47 Å². The lowest BCUT2D eigenvalue weighted by Crippen LogP contribution is -2.51. The Labute approximate surface area is 246 Å². The zero-order valence-electron chi connectivity index (χ0n) is 24.3. The number of benzene rings is 1. The van der Waals surface area contributed by atoms with E-state index in [9.17, 15) is 29.4 Å². The molecule has 4 atom stereocenters. The molecule has 0 aromatic heterocycles. The first kappa shape index (κ1) is 31.7. The van der Waals surface area contributed by atoms with Crippen molar-refractivity contribution in [3.05, 3.63) is 35.9 Å². The predicted octanol–water partition coefficient (Wildman–Crippen LogP) is 2.44. The van der Waals surface area contributed by atoms with Gasteiger partial charge >= 0.3 is 0 Å². The van der Waals surface area contributed by atoms with Gasteiger partial charge in [-0.3, -0.25) is 24.1 Å².